The van der Waals surface area contributed by atoms with Crippen molar-refractivity contribution in [2.24, 2.45) is 5.92 Å². The molecule has 0 saturated carbocycles. The number of amides is 1. The molecule has 0 aromatic heterocycles. The van der Waals surface area contributed by atoms with E-state index in [1.807, 2.05) is 30.0 Å². The highest BCUT2D eigenvalue weighted by Gasteiger charge is 2.19. The van der Waals surface area contributed by atoms with Crippen LogP contribution in [0.1, 0.15) is 24.8 Å². The lowest BCUT2D eigenvalue weighted by Crippen LogP contribution is -2.31. The van der Waals surface area contributed by atoms with E-state index in [0.29, 0.717) is 12.3 Å². The van der Waals surface area contributed by atoms with Crippen molar-refractivity contribution in [3.05, 3.63) is 60.2 Å². The molecule has 1 aliphatic rings. The van der Waals surface area contributed by atoms with Gasteiger partial charge < -0.3 is 10.2 Å². The number of nitrogens with zero attached hydrogens (tertiary/aromatic N) is 1. The Morgan fingerprint density at radius 2 is 1.76 bits per heavy atom. The zero-order chi connectivity index (χ0) is 17.5. The molecule has 4 heteroatoms. The Balaban J connectivity index is 1.44. The van der Waals surface area contributed by atoms with E-state index in [0.717, 1.165) is 37.4 Å². The minimum absolute atomic E-state index is 0.140. The number of piperidine rings is 1. The Morgan fingerprint density at radius 1 is 1.08 bits per heavy atom. The van der Waals surface area contributed by atoms with Gasteiger partial charge in [0.05, 0.1) is 0 Å². The Bertz CT molecular complexity index is 664. The van der Waals surface area contributed by atoms with Crippen LogP contribution < -0.4 is 5.32 Å². The largest absolute Gasteiger partial charge is 0.326 e. The molecule has 0 unspecified atom stereocenters. The molecule has 0 spiro atoms. The van der Waals surface area contributed by atoms with Gasteiger partial charge in [-0.2, -0.15) is 0 Å². The van der Waals surface area contributed by atoms with Gasteiger partial charge in [0.2, 0.25) is 5.91 Å². The topological polar surface area (TPSA) is 32.3 Å². The van der Waals surface area contributed by atoms with Gasteiger partial charge in [0.25, 0.3) is 0 Å². The third-order valence-electron chi connectivity index (χ3n) is 4.70. The Hall–Kier alpha value is -1.78. The fraction of sp³-hybridized carbons (Fsp3) is 0.381. The predicted octanol–water partition coefficient (Wildman–Crippen LogP) is 4.65. The number of hydrogen-bond acceptors (Lipinski definition) is 3. The van der Waals surface area contributed by atoms with Crippen LogP contribution >= 0.6 is 11.8 Å². The van der Waals surface area contributed by atoms with E-state index < -0.39 is 0 Å². The first-order chi connectivity index (χ1) is 12.2. The fourth-order valence-electron chi connectivity index (χ4n) is 3.11. The van der Waals surface area contributed by atoms with Crippen molar-refractivity contribution in [2.45, 2.75) is 29.9 Å². The van der Waals surface area contributed by atoms with Crippen LogP contribution in [0.5, 0.6) is 0 Å². The van der Waals surface area contributed by atoms with Gasteiger partial charge in [-0.3, -0.25) is 4.79 Å². The summed E-state index contributed by atoms with van der Waals surface area (Å²) in [6.45, 7) is 2.21. The molecule has 1 aliphatic heterocycles. The maximum atomic E-state index is 12.2. The number of carbonyl (C=O) groups is 1. The first-order valence-electron chi connectivity index (χ1n) is 8.94. The standard InChI is InChI=1S/C21H26N2OS/c1-23-13-11-17(12-14-23)15-21(24)22-19-9-7-18(8-10-19)16-25-20-5-3-2-4-6-20/h2-10,17H,11-16H2,1H3,(H,22,24). The van der Waals surface area contributed by atoms with E-state index in [2.05, 4.69) is 53.7 Å². The van der Waals surface area contributed by atoms with Crippen molar-refractivity contribution in [3.63, 3.8) is 0 Å². The summed E-state index contributed by atoms with van der Waals surface area (Å²) in [4.78, 5) is 15.8. The van der Waals surface area contributed by atoms with E-state index >= 15 is 0 Å². The number of carbonyl (C=O) groups excluding carboxylic acids is 1. The second kappa shape index (κ2) is 9.07. The van der Waals surface area contributed by atoms with Crippen LogP contribution in [0.25, 0.3) is 0 Å². The maximum absolute atomic E-state index is 12.2. The number of nitrogens with one attached hydrogen (secondary N) is 1. The normalized spacial score (nSPS) is 15.9. The number of anilines is 1. The summed E-state index contributed by atoms with van der Waals surface area (Å²) in [5.74, 6) is 1.60. The first kappa shape index (κ1) is 18.0. The van der Waals surface area contributed by atoms with Crippen LogP contribution in [0.4, 0.5) is 5.69 Å². The summed E-state index contributed by atoms with van der Waals surface area (Å²) in [5.41, 5.74) is 2.16. The van der Waals surface area contributed by atoms with Gasteiger partial charge in [-0.05, 0) is 68.7 Å². The van der Waals surface area contributed by atoms with E-state index in [-0.39, 0.29) is 5.91 Å². The molecule has 0 aliphatic carbocycles. The SMILES string of the molecule is CN1CCC(CC(=O)Nc2ccc(CSc3ccccc3)cc2)CC1. The molecule has 1 amide bonds. The van der Waals surface area contributed by atoms with E-state index in [9.17, 15) is 4.79 Å². The second-order valence-electron chi connectivity index (χ2n) is 6.80. The van der Waals surface area contributed by atoms with Gasteiger partial charge in [0.15, 0.2) is 0 Å². The monoisotopic (exact) mass is 354 g/mol. The Labute approximate surface area is 154 Å². The van der Waals surface area contributed by atoms with Gasteiger partial charge in [-0.15, -0.1) is 11.8 Å². The summed E-state index contributed by atoms with van der Waals surface area (Å²) in [6, 6.07) is 18.6. The molecule has 0 radical (unpaired) electrons. The molecule has 25 heavy (non-hydrogen) atoms. The van der Waals surface area contributed by atoms with Gasteiger partial charge in [0.1, 0.15) is 0 Å². The van der Waals surface area contributed by atoms with Gasteiger partial charge in [0, 0.05) is 22.8 Å². The second-order valence-corrected chi connectivity index (χ2v) is 7.85. The van der Waals surface area contributed by atoms with E-state index in [1.165, 1.54) is 10.5 Å². The highest BCUT2D eigenvalue weighted by atomic mass is 32.2. The molecular weight excluding hydrogens is 328 g/mol. The van der Waals surface area contributed by atoms with E-state index in [4.69, 9.17) is 0 Å². The summed E-state index contributed by atoms with van der Waals surface area (Å²) < 4.78 is 0. The van der Waals surface area contributed by atoms with Crippen LogP contribution in [-0.2, 0) is 10.5 Å². The summed E-state index contributed by atoms with van der Waals surface area (Å²) in [6.07, 6.45) is 2.89. The first-order valence-corrected chi connectivity index (χ1v) is 9.93. The lowest BCUT2D eigenvalue weighted by Gasteiger charge is -2.28. The minimum Gasteiger partial charge on any atom is -0.326 e. The van der Waals surface area contributed by atoms with Crippen molar-refractivity contribution in [3.8, 4) is 0 Å². The van der Waals surface area contributed by atoms with Crippen LogP contribution in [0.2, 0.25) is 0 Å². The maximum Gasteiger partial charge on any atom is 0.224 e. The zero-order valence-corrected chi connectivity index (χ0v) is 15.6. The smallest absolute Gasteiger partial charge is 0.224 e. The third kappa shape index (κ3) is 5.91. The van der Waals surface area contributed by atoms with Gasteiger partial charge >= 0.3 is 0 Å². The Morgan fingerprint density at radius 3 is 2.44 bits per heavy atom. The van der Waals surface area contributed by atoms with Crippen LogP contribution in [-0.4, -0.2) is 30.9 Å². The molecule has 3 nitrogen and oxygen atoms in total. The minimum atomic E-state index is 0.140. The number of benzene rings is 2. The molecule has 1 saturated heterocycles. The van der Waals surface area contributed by atoms with Crippen molar-refractivity contribution < 1.29 is 4.79 Å². The van der Waals surface area contributed by atoms with Crippen LogP contribution in [0.15, 0.2) is 59.5 Å². The van der Waals surface area contributed by atoms with Gasteiger partial charge in [-0.1, -0.05) is 30.3 Å². The Kier molecular flexibility index (Phi) is 6.54. The fourth-order valence-corrected chi connectivity index (χ4v) is 3.98. The molecule has 132 valence electrons. The number of thioether (sulfide) groups is 1. The summed E-state index contributed by atoms with van der Waals surface area (Å²) in [5, 5.41) is 3.04. The molecule has 3 rings (SSSR count). The third-order valence-corrected chi connectivity index (χ3v) is 5.78. The molecule has 1 heterocycles. The molecule has 1 fully saturated rings. The number of hydrogen-bond donors (Lipinski definition) is 1. The van der Waals surface area contributed by atoms with Gasteiger partial charge in [-0.25, -0.2) is 0 Å². The van der Waals surface area contributed by atoms with Crippen molar-refractivity contribution in [2.75, 3.05) is 25.5 Å². The summed E-state index contributed by atoms with van der Waals surface area (Å²) >= 11 is 1.83. The molecule has 0 atom stereocenters. The van der Waals surface area contributed by atoms with Crippen LogP contribution in [0, 0.1) is 5.92 Å². The van der Waals surface area contributed by atoms with E-state index in [1.54, 1.807) is 0 Å². The number of rotatable bonds is 6. The highest BCUT2D eigenvalue weighted by Crippen LogP contribution is 2.24. The quantitative estimate of drug-likeness (QED) is 0.767. The number of likely N-dealkylation sites (tertiary alicyclic amines) is 1. The molecule has 1 N–H and O–H groups in total. The average Bonchev–Trinajstić information content (AvgIpc) is 2.64. The zero-order valence-electron chi connectivity index (χ0n) is 14.8. The predicted molar refractivity (Wildman–Crippen MR) is 106 cm³/mol. The molecule has 2 aromatic rings. The average molecular weight is 355 g/mol. The lowest BCUT2D eigenvalue weighted by molar-refractivity contribution is -0.117. The van der Waals surface area contributed by atoms with Crippen LogP contribution in [0.3, 0.4) is 0 Å². The molecular formula is C21H26N2OS. The van der Waals surface area contributed by atoms with Crippen molar-refractivity contribution in [1.29, 1.82) is 0 Å². The van der Waals surface area contributed by atoms with Crippen molar-refractivity contribution >= 4 is 23.4 Å². The molecule has 0 bridgehead atoms. The lowest BCUT2D eigenvalue weighted by atomic mass is 9.93. The van der Waals surface area contributed by atoms with Crippen molar-refractivity contribution in [1.82, 2.24) is 4.90 Å². The molecule has 2 aromatic carbocycles. The summed E-state index contributed by atoms with van der Waals surface area (Å²) in [7, 11) is 2.15. The highest BCUT2D eigenvalue weighted by molar-refractivity contribution is 7.98.